The van der Waals surface area contributed by atoms with Gasteiger partial charge in [-0.05, 0) is 44.2 Å². The second kappa shape index (κ2) is 9.38. The highest BCUT2D eigenvalue weighted by atomic mass is 16.5. The van der Waals surface area contributed by atoms with Crippen LogP contribution < -0.4 is 14.2 Å². The van der Waals surface area contributed by atoms with Gasteiger partial charge in [0.1, 0.15) is 5.56 Å². The Labute approximate surface area is 181 Å². The molecule has 3 aromatic rings. The fraction of sp³-hybridized carbons (Fsp3) is 0.250. The molecule has 3 rings (SSSR count). The molecule has 0 bridgehead atoms. The third-order valence-corrected chi connectivity index (χ3v) is 5.00. The van der Waals surface area contributed by atoms with Gasteiger partial charge in [0, 0.05) is 22.6 Å². The SMILES string of the molecule is COc1ccc(C(=O)OCC(=O)c2cc(C)n(-c3ccccc3)c2C)c(OC)c1OC. The number of hydrogen-bond donors (Lipinski definition) is 0. The number of ether oxygens (including phenoxy) is 4. The monoisotopic (exact) mass is 423 g/mol. The number of para-hydroxylation sites is 1. The number of hydrogen-bond acceptors (Lipinski definition) is 6. The first-order valence-corrected chi connectivity index (χ1v) is 9.66. The van der Waals surface area contributed by atoms with E-state index in [-0.39, 0.29) is 22.8 Å². The molecule has 7 heteroatoms. The largest absolute Gasteiger partial charge is 0.493 e. The Hall–Kier alpha value is -3.74. The van der Waals surface area contributed by atoms with Crippen LogP contribution in [0.2, 0.25) is 0 Å². The maximum Gasteiger partial charge on any atom is 0.342 e. The van der Waals surface area contributed by atoms with Gasteiger partial charge in [-0.3, -0.25) is 4.79 Å². The first-order chi connectivity index (χ1) is 14.9. The molecule has 0 N–H and O–H groups in total. The first-order valence-electron chi connectivity index (χ1n) is 9.66. The zero-order valence-corrected chi connectivity index (χ0v) is 18.2. The molecular formula is C24H25NO6. The van der Waals surface area contributed by atoms with E-state index in [4.69, 9.17) is 18.9 Å². The minimum Gasteiger partial charge on any atom is -0.493 e. The van der Waals surface area contributed by atoms with Crippen LogP contribution in [0.15, 0.2) is 48.5 Å². The van der Waals surface area contributed by atoms with Gasteiger partial charge in [0.25, 0.3) is 0 Å². The predicted molar refractivity (Wildman–Crippen MR) is 116 cm³/mol. The number of carbonyl (C=O) groups is 2. The number of aryl methyl sites for hydroxylation is 1. The van der Waals surface area contributed by atoms with Gasteiger partial charge >= 0.3 is 5.97 Å². The standard InChI is InChI=1S/C24H25NO6/c1-15-13-19(16(2)25(15)17-9-7-6-8-10-17)20(26)14-31-24(27)18-11-12-21(28-3)23(30-5)22(18)29-4/h6-13H,14H2,1-5H3. The van der Waals surface area contributed by atoms with Crippen molar-refractivity contribution >= 4 is 11.8 Å². The van der Waals surface area contributed by atoms with E-state index in [0.717, 1.165) is 17.1 Å². The molecule has 0 amide bonds. The van der Waals surface area contributed by atoms with Gasteiger partial charge in [0.2, 0.25) is 11.5 Å². The molecule has 1 aromatic heterocycles. The van der Waals surface area contributed by atoms with Crippen molar-refractivity contribution in [3.8, 4) is 22.9 Å². The number of ketones is 1. The van der Waals surface area contributed by atoms with Crippen molar-refractivity contribution in [2.24, 2.45) is 0 Å². The molecule has 0 aliphatic rings. The summed E-state index contributed by atoms with van der Waals surface area (Å²) in [6.07, 6.45) is 0. The fourth-order valence-electron chi connectivity index (χ4n) is 3.57. The molecule has 0 aliphatic carbocycles. The zero-order valence-electron chi connectivity index (χ0n) is 18.2. The number of benzene rings is 2. The van der Waals surface area contributed by atoms with Crippen LogP contribution >= 0.6 is 0 Å². The number of carbonyl (C=O) groups excluding carboxylic acids is 2. The number of nitrogens with zero attached hydrogens (tertiary/aromatic N) is 1. The second-order valence-corrected chi connectivity index (χ2v) is 6.84. The highest BCUT2D eigenvalue weighted by Gasteiger charge is 2.23. The van der Waals surface area contributed by atoms with Gasteiger partial charge in [0.05, 0.1) is 21.3 Å². The van der Waals surface area contributed by atoms with Crippen molar-refractivity contribution in [3.63, 3.8) is 0 Å². The zero-order chi connectivity index (χ0) is 22.5. The predicted octanol–water partition coefficient (Wildman–Crippen LogP) is 4.16. The summed E-state index contributed by atoms with van der Waals surface area (Å²) in [5.41, 5.74) is 3.31. The van der Waals surface area contributed by atoms with Gasteiger partial charge in [-0.1, -0.05) is 18.2 Å². The average molecular weight is 423 g/mol. The Kier molecular flexibility index (Phi) is 6.65. The van der Waals surface area contributed by atoms with Gasteiger partial charge in [-0.25, -0.2) is 4.79 Å². The summed E-state index contributed by atoms with van der Waals surface area (Å²) in [7, 11) is 4.35. The van der Waals surface area contributed by atoms with E-state index in [1.807, 2.05) is 48.7 Å². The van der Waals surface area contributed by atoms with E-state index in [9.17, 15) is 9.59 Å². The van der Waals surface area contributed by atoms with E-state index >= 15 is 0 Å². The molecule has 2 aromatic carbocycles. The molecule has 0 fully saturated rings. The lowest BCUT2D eigenvalue weighted by Gasteiger charge is -2.15. The van der Waals surface area contributed by atoms with E-state index in [2.05, 4.69) is 0 Å². The van der Waals surface area contributed by atoms with E-state index in [1.54, 1.807) is 12.1 Å². The summed E-state index contributed by atoms with van der Waals surface area (Å²) in [6.45, 7) is 3.40. The number of rotatable bonds is 8. The molecule has 1 heterocycles. The lowest BCUT2D eigenvalue weighted by Crippen LogP contribution is -2.16. The van der Waals surface area contributed by atoms with Crippen molar-refractivity contribution in [2.75, 3.05) is 27.9 Å². The van der Waals surface area contributed by atoms with Crippen LogP contribution in [0.5, 0.6) is 17.2 Å². The average Bonchev–Trinajstić information content (AvgIpc) is 3.10. The van der Waals surface area contributed by atoms with Crippen molar-refractivity contribution in [1.82, 2.24) is 4.57 Å². The summed E-state index contributed by atoms with van der Waals surface area (Å²) in [5.74, 6) is -0.106. The first kappa shape index (κ1) is 22.0. The summed E-state index contributed by atoms with van der Waals surface area (Å²) >= 11 is 0. The normalized spacial score (nSPS) is 10.5. The van der Waals surface area contributed by atoms with Crippen molar-refractivity contribution in [3.05, 3.63) is 71.0 Å². The Morgan fingerprint density at radius 3 is 2.13 bits per heavy atom. The second-order valence-electron chi connectivity index (χ2n) is 6.84. The molecule has 0 atom stereocenters. The molecule has 7 nitrogen and oxygen atoms in total. The van der Waals surface area contributed by atoms with Crippen molar-refractivity contribution in [2.45, 2.75) is 13.8 Å². The molecule has 0 radical (unpaired) electrons. The fourth-order valence-corrected chi connectivity index (χ4v) is 3.57. The highest BCUT2D eigenvalue weighted by molar-refractivity contribution is 6.01. The topological polar surface area (TPSA) is 76.0 Å². The van der Waals surface area contributed by atoms with Crippen LogP contribution in [0.4, 0.5) is 0 Å². The van der Waals surface area contributed by atoms with Crippen LogP contribution in [0.25, 0.3) is 5.69 Å². The minimum absolute atomic E-state index is 0.141. The van der Waals surface area contributed by atoms with Crippen LogP contribution in [-0.4, -0.2) is 44.3 Å². The summed E-state index contributed by atoms with van der Waals surface area (Å²) in [5, 5.41) is 0. The van der Waals surface area contributed by atoms with E-state index in [0.29, 0.717) is 11.3 Å². The molecule has 0 spiro atoms. The molecular weight excluding hydrogens is 398 g/mol. The quantitative estimate of drug-likeness (QED) is 0.400. The van der Waals surface area contributed by atoms with E-state index in [1.165, 1.54) is 27.4 Å². The summed E-state index contributed by atoms with van der Waals surface area (Å²) in [6, 6.07) is 14.6. The molecule has 0 unspecified atom stereocenters. The molecule has 31 heavy (non-hydrogen) atoms. The van der Waals surface area contributed by atoms with Gasteiger partial charge in [-0.15, -0.1) is 0 Å². The lowest BCUT2D eigenvalue weighted by molar-refractivity contribution is 0.0470. The Bertz CT molecular complexity index is 1100. The summed E-state index contributed by atoms with van der Waals surface area (Å²) < 4.78 is 23.1. The van der Waals surface area contributed by atoms with Gasteiger partial charge < -0.3 is 23.5 Å². The minimum atomic E-state index is -0.692. The Morgan fingerprint density at radius 2 is 1.52 bits per heavy atom. The molecule has 0 saturated heterocycles. The third kappa shape index (κ3) is 4.26. The number of Topliss-reactive ketones (excluding diaryl/α,β-unsaturated/α-hetero) is 1. The van der Waals surface area contributed by atoms with Crippen LogP contribution in [0.1, 0.15) is 32.1 Å². The Morgan fingerprint density at radius 1 is 0.839 bits per heavy atom. The maximum atomic E-state index is 12.8. The Balaban J connectivity index is 1.80. The maximum absolute atomic E-state index is 12.8. The van der Waals surface area contributed by atoms with Crippen molar-refractivity contribution < 1.29 is 28.5 Å². The van der Waals surface area contributed by atoms with Gasteiger partial charge in [0.15, 0.2) is 18.1 Å². The summed E-state index contributed by atoms with van der Waals surface area (Å²) in [4.78, 5) is 25.5. The van der Waals surface area contributed by atoms with Crippen LogP contribution in [-0.2, 0) is 4.74 Å². The molecule has 162 valence electrons. The number of aromatic nitrogens is 1. The molecule has 0 saturated carbocycles. The highest BCUT2D eigenvalue weighted by Crippen LogP contribution is 2.40. The van der Waals surface area contributed by atoms with Crippen molar-refractivity contribution in [1.29, 1.82) is 0 Å². The molecule has 0 aliphatic heterocycles. The number of methoxy groups -OCH3 is 3. The van der Waals surface area contributed by atoms with Gasteiger partial charge in [-0.2, -0.15) is 0 Å². The lowest BCUT2D eigenvalue weighted by atomic mass is 10.1. The third-order valence-electron chi connectivity index (χ3n) is 5.00. The smallest absolute Gasteiger partial charge is 0.342 e. The van der Waals surface area contributed by atoms with Crippen LogP contribution in [0.3, 0.4) is 0 Å². The van der Waals surface area contributed by atoms with E-state index < -0.39 is 12.6 Å². The van der Waals surface area contributed by atoms with Crippen LogP contribution in [0, 0.1) is 13.8 Å². The number of esters is 1.